The largest absolute Gasteiger partial charge is 0.508 e. The zero-order valence-corrected chi connectivity index (χ0v) is 11.4. The molecule has 0 amide bonds. The van der Waals surface area contributed by atoms with E-state index in [0.717, 1.165) is 22.0 Å². The average molecular weight is 270 g/mol. The summed E-state index contributed by atoms with van der Waals surface area (Å²) in [7, 11) is 0. The number of hydrogen-bond acceptors (Lipinski definition) is 3. The number of aromatic hydroxyl groups is 1. The lowest BCUT2D eigenvalue weighted by atomic mass is 10.3. The Morgan fingerprint density at radius 3 is 2.74 bits per heavy atom. The molecule has 0 saturated carbocycles. The summed E-state index contributed by atoms with van der Waals surface area (Å²) in [5.41, 5.74) is 3.26. The molecule has 0 spiro atoms. The van der Waals surface area contributed by atoms with Crippen LogP contribution in [0.2, 0.25) is 0 Å². The lowest BCUT2D eigenvalue weighted by Gasteiger charge is -1.99. The summed E-state index contributed by atoms with van der Waals surface area (Å²) in [4.78, 5) is 5.77. The molecule has 0 aliphatic rings. The van der Waals surface area contributed by atoms with Crippen LogP contribution in [-0.4, -0.2) is 14.5 Å². The minimum Gasteiger partial charge on any atom is -0.508 e. The van der Waals surface area contributed by atoms with Crippen LogP contribution in [0.4, 0.5) is 0 Å². The van der Waals surface area contributed by atoms with Gasteiger partial charge in [-0.25, -0.2) is 4.98 Å². The number of phenolic OH excluding ortho intramolecular Hbond substituents is 1. The lowest BCUT2D eigenvalue weighted by molar-refractivity contribution is 0.475. The third-order valence-electron chi connectivity index (χ3n) is 2.95. The van der Waals surface area contributed by atoms with Gasteiger partial charge in [-0.1, -0.05) is 6.07 Å². The number of hydrogen-bond donors (Lipinski definition) is 1. The summed E-state index contributed by atoms with van der Waals surface area (Å²) in [5, 5.41) is 9.24. The number of fused-ring (bicyclic) bond motifs is 1. The van der Waals surface area contributed by atoms with Crippen molar-refractivity contribution < 1.29 is 5.11 Å². The highest BCUT2D eigenvalue weighted by molar-refractivity contribution is 7.98. The van der Waals surface area contributed by atoms with Gasteiger partial charge in [0.15, 0.2) is 0 Å². The van der Waals surface area contributed by atoms with Gasteiger partial charge >= 0.3 is 0 Å². The Morgan fingerprint density at radius 1 is 1.21 bits per heavy atom. The molecule has 96 valence electrons. The Labute approximate surface area is 115 Å². The van der Waals surface area contributed by atoms with Crippen LogP contribution in [0.25, 0.3) is 5.65 Å². The van der Waals surface area contributed by atoms with Crippen LogP contribution in [0, 0.1) is 6.92 Å². The molecule has 0 bridgehead atoms. The third-order valence-corrected chi connectivity index (χ3v) is 4.00. The molecular weight excluding hydrogens is 256 g/mol. The van der Waals surface area contributed by atoms with Crippen LogP contribution < -0.4 is 0 Å². The topological polar surface area (TPSA) is 37.5 Å². The molecule has 0 aliphatic heterocycles. The molecule has 0 atom stereocenters. The van der Waals surface area contributed by atoms with Crippen molar-refractivity contribution in [3.63, 3.8) is 0 Å². The van der Waals surface area contributed by atoms with Crippen LogP contribution in [0.5, 0.6) is 5.75 Å². The van der Waals surface area contributed by atoms with E-state index in [-0.39, 0.29) is 0 Å². The Bertz CT molecular complexity index is 704. The maximum atomic E-state index is 9.24. The van der Waals surface area contributed by atoms with Crippen molar-refractivity contribution in [2.24, 2.45) is 0 Å². The Kier molecular flexibility index (Phi) is 3.17. The molecule has 2 aromatic heterocycles. The smallest absolute Gasteiger partial charge is 0.139 e. The van der Waals surface area contributed by atoms with Gasteiger partial charge in [0, 0.05) is 23.0 Å². The maximum absolute atomic E-state index is 9.24. The van der Waals surface area contributed by atoms with Crippen molar-refractivity contribution in [2.75, 3.05) is 0 Å². The molecular formula is C15H14N2OS. The second-order valence-corrected chi connectivity index (χ2v) is 5.49. The van der Waals surface area contributed by atoms with E-state index in [1.54, 1.807) is 23.9 Å². The zero-order valence-electron chi connectivity index (χ0n) is 10.6. The van der Waals surface area contributed by atoms with Crippen molar-refractivity contribution in [1.82, 2.24) is 9.38 Å². The predicted molar refractivity (Wildman–Crippen MR) is 77.6 cm³/mol. The fraction of sp³-hybridized carbons (Fsp3) is 0.133. The number of phenols is 1. The number of imidazole rings is 1. The van der Waals surface area contributed by atoms with E-state index in [0.29, 0.717) is 5.75 Å². The second kappa shape index (κ2) is 4.97. The number of benzene rings is 1. The molecule has 4 heteroatoms. The summed E-state index contributed by atoms with van der Waals surface area (Å²) in [6.07, 6.45) is 4.08. The van der Waals surface area contributed by atoms with Crippen molar-refractivity contribution >= 4 is 17.4 Å². The van der Waals surface area contributed by atoms with Gasteiger partial charge in [-0.3, -0.25) is 0 Å². The van der Waals surface area contributed by atoms with E-state index in [1.165, 1.54) is 5.56 Å². The molecule has 19 heavy (non-hydrogen) atoms. The number of nitrogens with zero attached hydrogens (tertiary/aromatic N) is 2. The third kappa shape index (κ3) is 2.58. The number of rotatable bonds is 3. The molecule has 0 radical (unpaired) electrons. The maximum Gasteiger partial charge on any atom is 0.139 e. The minimum atomic E-state index is 0.299. The number of aromatic nitrogens is 2. The Hall–Kier alpha value is -1.94. The van der Waals surface area contributed by atoms with Gasteiger partial charge in [-0.15, -0.1) is 11.8 Å². The van der Waals surface area contributed by atoms with Gasteiger partial charge < -0.3 is 9.51 Å². The summed E-state index contributed by atoms with van der Waals surface area (Å²) < 4.78 is 2.06. The van der Waals surface area contributed by atoms with Crippen LogP contribution >= 0.6 is 11.8 Å². The highest BCUT2D eigenvalue weighted by atomic mass is 32.2. The fourth-order valence-electron chi connectivity index (χ4n) is 1.97. The molecule has 0 unspecified atom stereocenters. The SMILES string of the molecule is Cc1cccn2cc(CSc3ccc(O)cc3)nc12. The zero-order chi connectivity index (χ0) is 13.2. The van der Waals surface area contributed by atoms with Gasteiger partial charge in [-0.2, -0.15) is 0 Å². The summed E-state index contributed by atoms with van der Waals surface area (Å²) in [6, 6.07) is 11.3. The predicted octanol–water partition coefficient (Wildman–Crippen LogP) is 3.64. The van der Waals surface area contributed by atoms with Crippen LogP contribution in [0.15, 0.2) is 53.7 Å². The molecule has 3 rings (SSSR count). The highest BCUT2D eigenvalue weighted by Gasteiger charge is 2.04. The normalized spacial score (nSPS) is 11.0. The number of pyridine rings is 1. The summed E-state index contributed by atoms with van der Waals surface area (Å²) >= 11 is 1.72. The highest BCUT2D eigenvalue weighted by Crippen LogP contribution is 2.24. The van der Waals surface area contributed by atoms with Gasteiger partial charge in [0.2, 0.25) is 0 Å². The standard InChI is InChI=1S/C15H14N2OS/c1-11-3-2-8-17-9-12(16-15(11)17)10-19-14-6-4-13(18)5-7-14/h2-9,18H,10H2,1H3. The van der Waals surface area contributed by atoms with Crippen molar-refractivity contribution in [1.29, 1.82) is 0 Å². The molecule has 0 fully saturated rings. The number of thioether (sulfide) groups is 1. The molecule has 1 N–H and O–H groups in total. The molecule has 3 nitrogen and oxygen atoms in total. The van der Waals surface area contributed by atoms with Crippen molar-refractivity contribution in [2.45, 2.75) is 17.6 Å². The van der Waals surface area contributed by atoms with Crippen LogP contribution in [-0.2, 0) is 5.75 Å². The van der Waals surface area contributed by atoms with Crippen molar-refractivity contribution in [3.05, 3.63) is 60.0 Å². The minimum absolute atomic E-state index is 0.299. The summed E-state index contributed by atoms with van der Waals surface area (Å²) in [5.74, 6) is 1.12. The Balaban J connectivity index is 1.78. The van der Waals surface area contributed by atoms with Crippen LogP contribution in [0.3, 0.4) is 0 Å². The van der Waals surface area contributed by atoms with Gasteiger partial charge in [0.1, 0.15) is 11.4 Å². The van der Waals surface area contributed by atoms with Crippen LogP contribution in [0.1, 0.15) is 11.3 Å². The van der Waals surface area contributed by atoms with Crippen molar-refractivity contribution in [3.8, 4) is 5.75 Å². The second-order valence-electron chi connectivity index (χ2n) is 4.44. The first kappa shape index (κ1) is 12.1. The molecule has 2 heterocycles. The first-order valence-corrected chi connectivity index (χ1v) is 7.06. The quantitative estimate of drug-likeness (QED) is 0.738. The fourth-order valence-corrected chi connectivity index (χ4v) is 2.76. The van der Waals surface area contributed by atoms with E-state index in [9.17, 15) is 5.11 Å². The molecule has 1 aromatic carbocycles. The lowest BCUT2D eigenvalue weighted by Crippen LogP contribution is -1.84. The monoisotopic (exact) mass is 270 g/mol. The van der Waals surface area contributed by atoms with Gasteiger partial charge in [0.25, 0.3) is 0 Å². The van der Waals surface area contributed by atoms with E-state index in [4.69, 9.17) is 0 Å². The number of aryl methyl sites for hydroxylation is 1. The van der Waals surface area contributed by atoms with E-state index >= 15 is 0 Å². The van der Waals surface area contributed by atoms with Gasteiger partial charge in [-0.05, 0) is 42.8 Å². The first-order valence-electron chi connectivity index (χ1n) is 6.07. The molecule has 0 saturated heterocycles. The molecule has 3 aromatic rings. The van der Waals surface area contributed by atoms with E-state index < -0.39 is 0 Å². The first-order chi connectivity index (χ1) is 9.22. The Morgan fingerprint density at radius 2 is 2.00 bits per heavy atom. The molecule has 0 aliphatic carbocycles. The van der Waals surface area contributed by atoms with E-state index in [2.05, 4.69) is 28.6 Å². The average Bonchev–Trinajstić information content (AvgIpc) is 2.83. The van der Waals surface area contributed by atoms with E-state index in [1.807, 2.05) is 24.4 Å². The van der Waals surface area contributed by atoms with Gasteiger partial charge in [0.05, 0.1) is 5.69 Å². The summed E-state index contributed by atoms with van der Waals surface area (Å²) in [6.45, 7) is 2.07.